The lowest BCUT2D eigenvalue weighted by molar-refractivity contribution is 0.0966. The second-order valence-electron chi connectivity index (χ2n) is 2.12. The minimum Gasteiger partial charge on any atom is -0.331 e. The molecule has 0 aliphatic heterocycles. The van der Waals surface area contributed by atoms with E-state index in [0.29, 0.717) is 19.8 Å². The van der Waals surface area contributed by atoms with Crippen molar-refractivity contribution in [1.82, 2.24) is 0 Å². The molecule has 0 saturated carbocycles. The maximum absolute atomic E-state index is 5.62. The average Bonchev–Trinajstić information content (AvgIpc) is 2.17. The molecule has 0 amide bonds. The summed E-state index contributed by atoms with van der Waals surface area (Å²) >= 11 is 8.55. The van der Waals surface area contributed by atoms with E-state index in [1.807, 2.05) is 20.8 Å². The van der Waals surface area contributed by atoms with E-state index < -0.39 is 16.4 Å². The Kier molecular flexibility index (Phi) is 9.55. The Labute approximate surface area is 103 Å². The summed E-state index contributed by atoms with van der Waals surface area (Å²) in [6, 6.07) is 0. The van der Waals surface area contributed by atoms with Crippen molar-refractivity contribution < 1.29 is 13.3 Å². The van der Waals surface area contributed by atoms with Gasteiger partial charge in [0, 0.05) is 19.8 Å². The van der Waals surface area contributed by atoms with Crippen molar-refractivity contribution in [1.29, 1.82) is 0 Å². The summed E-state index contributed by atoms with van der Waals surface area (Å²) in [5.74, 6) is 0. The molecule has 1 unspecified atom stereocenters. The third kappa shape index (κ3) is 4.56. The van der Waals surface area contributed by atoms with Crippen molar-refractivity contribution in [2.24, 2.45) is 0 Å². The summed E-state index contributed by atoms with van der Waals surface area (Å²) in [5.41, 5.74) is 0. The fourth-order valence-electron chi connectivity index (χ4n) is 0.852. The zero-order valence-electron chi connectivity index (χ0n) is 8.56. The minimum atomic E-state index is -2.62. The Morgan fingerprint density at radius 3 is 1.64 bits per heavy atom. The van der Waals surface area contributed by atoms with Crippen LogP contribution in [0, 0.1) is 0 Å². The number of thiol groups is 2. The molecule has 0 aliphatic carbocycles. The second kappa shape index (κ2) is 8.63. The fraction of sp³-hybridized carbons (Fsp3) is 1.00. The first-order valence-electron chi connectivity index (χ1n) is 4.34. The first-order valence-corrected chi connectivity index (χ1v) is 11.4. The van der Waals surface area contributed by atoms with Gasteiger partial charge in [-0.05, 0) is 20.8 Å². The number of hydrogen-bond acceptors (Lipinski definition) is 6. The van der Waals surface area contributed by atoms with Gasteiger partial charge in [-0.25, -0.2) is 0 Å². The molecular weight excluding hydrogens is 276 g/mol. The van der Waals surface area contributed by atoms with Gasteiger partial charge < -0.3 is 13.3 Å². The monoisotopic (exact) mass is 293 g/mol. The average molecular weight is 294 g/mol. The van der Waals surface area contributed by atoms with Gasteiger partial charge in [0.05, 0.1) is 11.7 Å². The molecule has 86 valence electrons. The van der Waals surface area contributed by atoms with Crippen LogP contribution in [0.4, 0.5) is 0 Å². The molecule has 0 saturated heterocycles. The Morgan fingerprint density at radius 1 is 1.07 bits per heavy atom. The molecule has 0 heterocycles. The van der Waals surface area contributed by atoms with Crippen LogP contribution in [0.25, 0.3) is 0 Å². The van der Waals surface area contributed by atoms with Gasteiger partial charge >= 0.3 is 7.95 Å². The van der Waals surface area contributed by atoms with Crippen molar-refractivity contribution in [3.8, 4) is 0 Å². The van der Waals surface area contributed by atoms with Crippen molar-refractivity contribution in [2.75, 3.05) is 19.8 Å². The van der Waals surface area contributed by atoms with Crippen LogP contribution in [0.3, 0.4) is 0 Å². The molecule has 0 aromatic heterocycles. The van der Waals surface area contributed by atoms with Crippen molar-refractivity contribution >= 4 is 49.5 Å². The van der Waals surface area contributed by atoms with Crippen molar-refractivity contribution in [2.45, 2.75) is 20.8 Å². The summed E-state index contributed by atoms with van der Waals surface area (Å²) in [5, 5.41) is 0. The summed E-state index contributed by atoms with van der Waals surface area (Å²) in [6.45, 7) is 7.50. The Hall–Kier alpha value is 1.50. The molecule has 1 atom stereocenters. The van der Waals surface area contributed by atoms with E-state index in [1.165, 1.54) is 9.83 Å². The first kappa shape index (κ1) is 15.5. The molecule has 0 aromatic carbocycles. The molecule has 0 radical (unpaired) electrons. The highest BCUT2D eigenvalue weighted by molar-refractivity contribution is 9.25. The largest absolute Gasteiger partial charge is 0.808 e. The SMILES string of the molecule is CCO[Si](OCC)(OCC)[S+](S)SS. The van der Waals surface area contributed by atoms with Crippen LogP contribution < -0.4 is 0 Å². The molecule has 0 spiro atoms. The quantitative estimate of drug-likeness (QED) is 0.311. The molecule has 3 nitrogen and oxygen atoms in total. The second-order valence-corrected chi connectivity index (χ2v) is 13.9. The zero-order valence-corrected chi connectivity index (χ0v) is 13.0. The zero-order chi connectivity index (χ0) is 11.0. The van der Waals surface area contributed by atoms with Crippen LogP contribution in [0.2, 0.25) is 0 Å². The van der Waals surface area contributed by atoms with E-state index in [4.69, 9.17) is 13.3 Å². The van der Waals surface area contributed by atoms with E-state index in [-0.39, 0.29) is 0 Å². The van der Waals surface area contributed by atoms with E-state index in [9.17, 15) is 0 Å². The molecular formula is C6H17O3S4Si+. The topological polar surface area (TPSA) is 27.7 Å². The molecule has 8 heteroatoms. The molecule has 0 N–H and O–H groups in total. The lowest BCUT2D eigenvalue weighted by Crippen LogP contribution is -2.50. The van der Waals surface area contributed by atoms with E-state index in [2.05, 4.69) is 23.3 Å². The molecule has 14 heavy (non-hydrogen) atoms. The van der Waals surface area contributed by atoms with E-state index in [1.54, 1.807) is 0 Å². The highest BCUT2D eigenvalue weighted by atomic mass is 33.8. The standard InChI is InChI=1S/C6H16O3S4Si/c1-4-7-14(8-5-2,9-6-3)13(11)12-10/h11H,4-6H2,1-3H3/p+1. The Morgan fingerprint density at radius 2 is 1.43 bits per heavy atom. The van der Waals surface area contributed by atoms with Crippen LogP contribution in [0.1, 0.15) is 20.8 Å². The predicted octanol–water partition coefficient (Wildman–Crippen LogP) is 2.49. The van der Waals surface area contributed by atoms with Gasteiger partial charge in [0.2, 0.25) is 0 Å². The van der Waals surface area contributed by atoms with Gasteiger partial charge in [0.15, 0.2) is 18.2 Å². The maximum atomic E-state index is 5.62. The van der Waals surface area contributed by atoms with Crippen molar-refractivity contribution in [3.63, 3.8) is 0 Å². The number of hydrogen-bond donors (Lipinski definition) is 2. The molecule has 0 fully saturated rings. The minimum absolute atomic E-state index is 0.426. The number of rotatable bonds is 8. The van der Waals surface area contributed by atoms with Crippen LogP contribution in [0.5, 0.6) is 0 Å². The van der Waals surface area contributed by atoms with Gasteiger partial charge in [-0.15, -0.1) is 0 Å². The lowest BCUT2D eigenvalue weighted by atomic mass is 10.9. The Balaban J connectivity index is 4.53. The van der Waals surface area contributed by atoms with Crippen LogP contribution in [0.15, 0.2) is 0 Å². The third-order valence-corrected chi connectivity index (χ3v) is 15.4. The molecule has 0 aromatic rings. The highest BCUT2D eigenvalue weighted by Crippen LogP contribution is 2.35. The fourth-order valence-corrected chi connectivity index (χ4v) is 10.8. The molecule has 0 rings (SSSR count). The van der Waals surface area contributed by atoms with Crippen LogP contribution in [-0.2, 0) is 21.7 Å². The lowest BCUT2D eigenvalue weighted by Gasteiger charge is -2.20. The first-order chi connectivity index (χ1) is 6.66. The summed E-state index contributed by atoms with van der Waals surface area (Å²) in [6.07, 6.45) is 0. The Bertz CT molecular complexity index is 134. The van der Waals surface area contributed by atoms with Crippen molar-refractivity contribution in [3.05, 3.63) is 0 Å². The maximum Gasteiger partial charge on any atom is 0.808 e. The van der Waals surface area contributed by atoms with E-state index >= 15 is 0 Å². The van der Waals surface area contributed by atoms with Crippen LogP contribution in [-0.4, -0.2) is 27.8 Å². The summed E-state index contributed by atoms with van der Waals surface area (Å²) in [4.78, 5) is 0. The molecule has 0 aliphatic rings. The normalized spacial score (nSPS) is 14.4. The van der Waals surface area contributed by atoms with E-state index in [0.717, 1.165) is 0 Å². The predicted molar refractivity (Wildman–Crippen MR) is 73.6 cm³/mol. The highest BCUT2D eigenvalue weighted by Gasteiger charge is 2.63. The van der Waals surface area contributed by atoms with Gasteiger partial charge in [0.25, 0.3) is 0 Å². The van der Waals surface area contributed by atoms with Crippen LogP contribution >= 0.6 is 33.1 Å². The smallest absolute Gasteiger partial charge is 0.331 e. The van der Waals surface area contributed by atoms with Gasteiger partial charge in [-0.3, -0.25) is 0 Å². The van der Waals surface area contributed by atoms with Gasteiger partial charge in [-0.1, -0.05) is 11.7 Å². The van der Waals surface area contributed by atoms with Gasteiger partial charge in [0.1, 0.15) is 0 Å². The molecule has 0 bridgehead atoms. The third-order valence-electron chi connectivity index (χ3n) is 1.25. The van der Waals surface area contributed by atoms with Gasteiger partial charge in [-0.2, -0.15) is 0 Å². The summed E-state index contributed by atoms with van der Waals surface area (Å²) in [7, 11) is -1.72. The summed E-state index contributed by atoms with van der Waals surface area (Å²) < 4.78 is 16.9.